The van der Waals surface area contributed by atoms with E-state index in [0.29, 0.717) is 29.4 Å². The molecule has 0 bridgehead atoms. The zero-order valence-electron chi connectivity index (χ0n) is 15.1. The summed E-state index contributed by atoms with van der Waals surface area (Å²) in [5, 5.41) is 12.5. The SMILES string of the molecule is CC(C)CC(CNC(=O)c1cc2c(cc1F)B(O)OC2)C(C)(C)C. The Labute approximate surface area is 143 Å². The van der Waals surface area contributed by atoms with Crippen LogP contribution < -0.4 is 10.8 Å². The Morgan fingerprint density at radius 1 is 1.42 bits per heavy atom. The van der Waals surface area contributed by atoms with E-state index in [1.807, 2.05) is 0 Å². The van der Waals surface area contributed by atoms with Gasteiger partial charge in [-0.3, -0.25) is 4.79 Å². The van der Waals surface area contributed by atoms with E-state index in [1.54, 1.807) is 0 Å². The van der Waals surface area contributed by atoms with Crippen molar-refractivity contribution >= 4 is 18.5 Å². The van der Waals surface area contributed by atoms with Crippen LogP contribution in [0.1, 0.15) is 57.0 Å². The van der Waals surface area contributed by atoms with Gasteiger partial charge in [-0.15, -0.1) is 0 Å². The van der Waals surface area contributed by atoms with E-state index < -0.39 is 18.8 Å². The minimum Gasteiger partial charge on any atom is -0.423 e. The number of carbonyl (C=O) groups excluding carboxylic acids is 1. The second-order valence-corrected chi connectivity index (χ2v) is 8.10. The van der Waals surface area contributed by atoms with Crippen LogP contribution >= 0.6 is 0 Å². The molecule has 0 fully saturated rings. The fraction of sp³-hybridized carbons (Fsp3) is 0.611. The molecule has 0 saturated heterocycles. The fourth-order valence-electron chi connectivity index (χ4n) is 3.04. The van der Waals surface area contributed by atoms with Gasteiger partial charge in [-0.1, -0.05) is 34.6 Å². The van der Waals surface area contributed by atoms with Gasteiger partial charge in [-0.2, -0.15) is 0 Å². The highest BCUT2D eigenvalue weighted by Gasteiger charge is 2.30. The maximum Gasteiger partial charge on any atom is 0.491 e. The van der Waals surface area contributed by atoms with Crippen LogP contribution in [-0.4, -0.2) is 24.6 Å². The lowest BCUT2D eigenvalue weighted by atomic mass is 9.76. The summed E-state index contributed by atoms with van der Waals surface area (Å²) in [5.74, 6) is -0.216. The molecule has 2 rings (SSSR count). The van der Waals surface area contributed by atoms with Gasteiger partial charge < -0.3 is 15.0 Å². The second-order valence-electron chi connectivity index (χ2n) is 8.10. The van der Waals surface area contributed by atoms with Crippen LogP contribution in [-0.2, 0) is 11.3 Å². The molecule has 1 aromatic rings. The average Bonchev–Trinajstić information content (AvgIpc) is 2.81. The van der Waals surface area contributed by atoms with Gasteiger partial charge in [-0.25, -0.2) is 4.39 Å². The summed E-state index contributed by atoms with van der Waals surface area (Å²) in [6.45, 7) is 11.5. The largest absolute Gasteiger partial charge is 0.491 e. The van der Waals surface area contributed by atoms with Crippen LogP contribution in [0.3, 0.4) is 0 Å². The molecule has 0 radical (unpaired) electrons. The van der Waals surface area contributed by atoms with Crippen molar-refractivity contribution in [3.63, 3.8) is 0 Å². The standard InChI is InChI=1S/C18H27BFNO3/c1-11(2)6-13(18(3,4)5)9-21-17(22)14-7-12-10-24-19(23)15(12)8-16(14)20/h7-8,11,13,23H,6,9-10H2,1-5H3,(H,21,22). The molecule has 4 nitrogen and oxygen atoms in total. The van der Waals surface area contributed by atoms with E-state index in [4.69, 9.17) is 4.65 Å². The summed E-state index contributed by atoms with van der Waals surface area (Å²) >= 11 is 0. The molecule has 1 heterocycles. The predicted molar refractivity (Wildman–Crippen MR) is 93.5 cm³/mol. The summed E-state index contributed by atoms with van der Waals surface area (Å²) < 4.78 is 19.3. The number of fused-ring (bicyclic) bond motifs is 1. The number of benzene rings is 1. The Kier molecular flexibility index (Phi) is 5.71. The number of hydrogen-bond donors (Lipinski definition) is 2. The van der Waals surface area contributed by atoms with Crippen molar-refractivity contribution in [2.75, 3.05) is 6.54 Å². The van der Waals surface area contributed by atoms with Crippen LogP contribution in [0.15, 0.2) is 12.1 Å². The number of carbonyl (C=O) groups is 1. The van der Waals surface area contributed by atoms with Gasteiger partial charge in [0.2, 0.25) is 0 Å². The van der Waals surface area contributed by atoms with Gasteiger partial charge in [0.15, 0.2) is 0 Å². The Hall–Kier alpha value is -1.40. The van der Waals surface area contributed by atoms with E-state index in [2.05, 4.69) is 39.9 Å². The molecule has 0 aliphatic carbocycles. The average molecular weight is 335 g/mol. The highest BCUT2D eigenvalue weighted by atomic mass is 19.1. The Morgan fingerprint density at radius 2 is 2.08 bits per heavy atom. The normalized spacial score (nSPS) is 15.6. The molecule has 0 aromatic heterocycles. The molecule has 0 spiro atoms. The Bertz CT molecular complexity index is 613. The molecule has 132 valence electrons. The summed E-state index contributed by atoms with van der Waals surface area (Å²) in [5.41, 5.74) is 1.12. The summed E-state index contributed by atoms with van der Waals surface area (Å²) in [4.78, 5) is 12.4. The predicted octanol–water partition coefficient (Wildman–Crippen LogP) is 2.48. The number of halogens is 1. The summed E-state index contributed by atoms with van der Waals surface area (Å²) in [6.07, 6.45) is 0.997. The van der Waals surface area contributed by atoms with Crippen molar-refractivity contribution < 1.29 is 18.9 Å². The van der Waals surface area contributed by atoms with E-state index in [0.717, 1.165) is 6.42 Å². The van der Waals surface area contributed by atoms with Crippen LogP contribution in [0.25, 0.3) is 0 Å². The molecular weight excluding hydrogens is 308 g/mol. The lowest BCUT2D eigenvalue weighted by Gasteiger charge is -2.32. The van der Waals surface area contributed by atoms with Crippen molar-refractivity contribution in [1.29, 1.82) is 0 Å². The van der Waals surface area contributed by atoms with Crippen LogP contribution in [0.4, 0.5) is 4.39 Å². The van der Waals surface area contributed by atoms with Crippen molar-refractivity contribution in [2.45, 2.75) is 47.6 Å². The third-order valence-electron chi connectivity index (χ3n) is 4.63. The van der Waals surface area contributed by atoms with Gasteiger partial charge in [-0.05, 0) is 46.8 Å². The lowest BCUT2D eigenvalue weighted by Crippen LogP contribution is -2.37. The molecule has 1 atom stereocenters. The molecule has 1 aliphatic rings. The quantitative estimate of drug-likeness (QED) is 0.813. The van der Waals surface area contributed by atoms with Crippen LogP contribution in [0, 0.1) is 23.1 Å². The monoisotopic (exact) mass is 335 g/mol. The van der Waals surface area contributed by atoms with E-state index in [-0.39, 0.29) is 17.6 Å². The molecule has 1 aliphatic heterocycles. The maximum absolute atomic E-state index is 14.2. The topological polar surface area (TPSA) is 58.6 Å². The third kappa shape index (κ3) is 4.36. The first-order chi connectivity index (χ1) is 11.1. The molecule has 1 amide bonds. The highest BCUT2D eigenvalue weighted by Crippen LogP contribution is 2.30. The molecular formula is C18H27BFNO3. The highest BCUT2D eigenvalue weighted by molar-refractivity contribution is 6.61. The van der Waals surface area contributed by atoms with Crippen molar-refractivity contribution in [3.8, 4) is 0 Å². The van der Waals surface area contributed by atoms with Gasteiger partial charge in [0.25, 0.3) is 5.91 Å². The summed E-state index contributed by atoms with van der Waals surface area (Å²) in [7, 11) is -1.11. The third-order valence-corrected chi connectivity index (χ3v) is 4.63. The Morgan fingerprint density at radius 3 is 2.67 bits per heavy atom. The van der Waals surface area contributed by atoms with E-state index in [9.17, 15) is 14.2 Å². The summed E-state index contributed by atoms with van der Waals surface area (Å²) in [6, 6.07) is 2.67. The van der Waals surface area contributed by atoms with Gasteiger partial charge in [0, 0.05) is 6.54 Å². The molecule has 1 aromatic carbocycles. The van der Waals surface area contributed by atoms with Gasteiger partial charge >= 0.3 is 7.12 Å². The fourth-order valence-corrected chi connectivity index (χ4v) is 3.04. The van der Waals surface area contributed by atoms with E-state index in [1.165, 1.54) is 12.1 Å². The molecule has 24 heavy (non-hydrogen) atoms. The lowest BCUT2D eigenvalue weighted by molar-refractivity contribution is 0.0922. The smallest absolute Gasteiger partial charge is 0.423 e. The maximum atomic E-state index is 14.2. The number of rotatable bonds is 5. The van der Waals surface area contributed by atoms with E-state index >= 15 is 0 Å². The first-order valence-corrected chi connectivity index (χ1v) is 8.49. The zero-order valence-corrected chi connectivity index (χ0v) is 15.1. The number of hydrogen-bond acceptors (Lipinski definition) is 3. The molecule has 2 N–H and O–H groups in total. The zero-order chi connectivity index (χ0) is 18.1. The van der Waals surface area contributed by atoms with Crippen molar-refractivity contribution in [3.05, 3.63) is 29.1 Å². The first-order valence-electron chi connectivity index (χ1n) is 8.49. The molecule has 0 saturated carbocycles. The van der Waals surface area contributed by atoms with Crippen molar-refractivity contribution in [1.82, 2.24) is 5.32 Å². The first kappa shape index (κ1) is 18.9. The number of nitrogens with one attached hydrogen (secondary N) is 1. The number of amides is 1. The molecule has 1 unspecified atom stereocenters. The second kappa shape index (κ2) is 7.24. The van der Waals surface area contributed by atoms with Gasteiger partial charge in [0.1, 0.15) is 5.82 Å². The minimum atomic E-state index is -1.11. The van der Waals surface area contributed by atoms with Crippen LogP contribution in [0.5, 0.6) is 0 Å². The van der Waals surface area contributed by atoms with Crippen LogP contribution in [0.2, 0.25) is 0 Å². The molecule has 6 heteroatoms. The minimum absolute atomic E-state index is 0.00339. The Balaban J connectivity index is 2.10. The van der Waals surface area contributed by atoms with Gasteiger partial charge in [0.05, 0.1) is 12.2 Å². The van der Waals surface area contributed by atoms with Crippen molar-refractivity contribution in [2.24, 2.45) is 17.3 Å².